The molecule has 0 fully saturated rings. The second-order valence-corrected chi connectivity index (χ2v) is 5.12. The number of urea groups is 1. The van der Waals surface area contributed by atoms with Gasteiger partial charge >= 0.3 is 6.03 Å². The molecule has 2 amide bonds. The van der Waals surface area contributed by atoms with Crippen LogP contribution in [0.5, 0.6) is 0 Å². The molecule has 2 rings (SSSR count). The van der Waals surface area contributed by atoms with Crippen molar-refractivity contribution in [2.75, 3.05) is 11.9 Å². The molecule has 0 aromatic heterocycles. The predicted octanol–water partition coefficient (Wildman–Crippen LogP) is 3.21. The number of anilines is 1. The van der Waals surface area contributed by atoms with Crippen LogP contribution in [-0.2, 0) is 0 Å². The molecule has 0 aliphatic rings. The lowest BCUT2D eigenvalue weighted by Crippen LogP contribution is -2.34. The highest BCUT2D eigenvalue weighted by molar-refractivity contribution is 6.30. The van der Waals surface area contributed by atoms with E-state index in [1.807, 2.05) is 0 Å². The van der Waals surface area contributed by atoms with Crippen LogP contribution in [0.4, 0.5) is 14.9 Å². The van der Waals surface area contributed by atoms with Crippen LogP contribution in [0, 0.1) is 17.1 Å². The first-order valence-electron chi connectivity index (χ1n) is 6.67. The molecule has 0 spiro atoms. The number of carbonyl (C=O) groups excluding carboxylic acids is 1. The van der Waals surface area contributed by atoms with Gasteiger partial charge in [-0.05, 0) is 35.9 Å². The van der Waals surface area contributed by atoms with Crippen molar-refractivity contribution in [1.29, 1.82) is 5.26 Å². The van der Waals surface area contributed by atoms with Crippen LogP contribution in [0.2, 0.25) is 5.02 Å². The van der Waals surface area contributed by atoms with Gasteiger partial charge in [-0.1, -0.05) is 23.7 Å². The van der Waals surface area contributed by atoms with Crippen molar-refractivity contribution < 1.29 is 14.3 Å². The van der Waals surface area contributed by atoms with Crippen LogP contribution in [0.1, 0.15) is 17.2 Å². The summed E-state index contributed by atoms with van der Waals surface area (Å²) < 4.78 is 13.1. The Kier molecular flexibility index (Phi) is 5.52. The van der Waals surface area contributed by atoms with Gasteiger partial charge in [0.1, 0.15) is 11.9 Å². The topological polar surface area (TPSA) is 85.2 Å². The number of halogens is 2. The van der Waals surface area contributed by atoms with Gasteiger partial charge in [0, 0.05) is 5.02 Å². The summed E-state index contributed by atoms with van der Waals surface area (Å²) in [6, 6.07) is 10.7. The lowest BCUT2D eigenvalue weighted by atomic mass is 10.1. The van der Waals surface area contributed by atoms with Crippen molar-refractivity contribution >= 4 is 23.3 Å². The van der Waals surface area contributed by atoms with Gasteiger partial charge < -0.3 is 15.7 Å². The van der Waals surface area contributed by atoms with Crippen molar-refractivity contribution in [2.24, 2.45) is 0 Å². The molecule has 0 saturated carbocycles. The van der Waals surface area contributed by atoms with Crippen LogP contribution in [0.15, 0.2) is 42.5 Å². The minimum absolute atomic E-state index is 0.00666. The molecule has 23 heavy (non-hydrogen) atoms. The summed E-state index contributed by atoms with van der Waals surface area (Å²) in [6.45, 7) is -0.316. The second kappa shape index (κ2) is 7.58. The number of aliphatic hydroxyl groups excluding tert-OH is 1. The average molecular weight is 334 g/mol. The molecule has 2 aromatic rings. The molecule has 0 bridgehead atoms. The van der Waals surface area contributed by atoms with E-state index in [9.17, 15) is 14.3 Å². The largest absolute Gasteiger partial charge is 0.394 e. The highest BCUT2D eigenvalue weighted by atomic mass is 35.5. The average Bonchev–Trinajstić information content (AvgIpc) is 2.55. The second-order valence-electron chi connectivity index (χ2n) is 4.69. The maximum Gasteiger partial charge on any atom is 0.319 e. The Morgan fingerprint density at radius 3 is 2.61 bits per heavy atom. The van der Waals surface area contributed by atoms with E-state index < -0.39 is 17.9 Å². The summed E-state index contributed by atoms with van der Waals surface area (Å²) in [6.07, 6.45) is 0. The number of amides is 2. The van der Waals surface area contributed by atoms with Crippen molar-refractivity contribution in [3.05, 3.63) is 64.4 Å². The van der Waals surface area contributed by atoms with E-state index in [4.69, 9.17) is 16.9 Å². The summed E-state index contributed by atoms with van der Waals surface area (Å²) in [4.78, 5) is 12.0. The number of nitrogens with one attached hydrogen (secondary N) is 2. The van der Waals surface area contributed by atoms with Gasteiger partial charge in [0.25, 0.3) is 0 Å². The summed E-state index contributed by atoms with van der Waals surface area (Å²) in [5.74, 6) is -0.568. The molecule has 1 atom stereocenters. The van der Waals surface area contributed by atoms with Crippen LogP contribution in [-0.4, -0.2) is 17.7 Å². The number of benzene rings is 2. The monoisotopic (exact) mass is 333 g/mol. The highest BCUT2D eigenvalue weighted by Gasteiger charge is 2.15. The maximum absolute atomic E-state index is 13.1. The molecule has 3 N–H and O–H groups in total. The maximum atomic E-state index is 13.1. The number of carbonyl (C=O) groups is 1. The van der Waals surface area contributed by atoms with Gasteiger partial charge in [0.15, 0.2) is 0 Å². The molecule has 5 nitrogen and oxygen atoms in total. The Morgan fingerprint density at radius 2 is 2.00 bits per heavy atom. The number of aliphatic hydroxyl groups is 1. The molecule has 0 aliphatic heterocycles. The number of nitrogens with zero attached hydrogens (tertiary/aromatic N) is 1. The Morgan fingerprint density at radius 1 is 1.30 bits per heavy atom. The van der Waals surface area contributed by atoms with Crippen molar-refractivity contribution in [2.45, 2.75) is 6.04 Å². The molecular formula is C16H13ClFN3O2. The van der Waals surface area contributed by atoms with E-state index >= 15 is 0 Å². The molecule has 0 heterocycles. The normalized spacial score (nSPS) is 11.4. The molecule has 0 saturated heterocycles. The number of hydrogen-bond acceptors (Lipinski definition) is 3. The Labute approximate surface area is 137 Å². The summed E-state index contributed by atoms with van der Waals surface area (Å²) >= 11 is 5.80. The van der Waals surface area contributed by atoms with Gasteiger partial charge in [0.05, 0.1) is 23.9 Å². The van der Waals surface area contributed by atoms with E-state index in [0.29, 0.717) is 10.6 Å². The Hall–Kier alpha value is -2.62. The summed E-state index contributed by atoms with van der Waals surface area (Å²) in [7, 11) is 0. The molecule has 0 aliphatic carbocycles. The highest BCUT2D eigenvalue weighted by Crippen LogP contribution is 2.18. The first kappa shape index (κ1) is 16.7. The minimum atomic E-state index is -0.641. The summed E-state index contributed by atoms with van der Waals surface area (Å²) in [5, 5.41) is 23.9. The third-order valence-electron chi connectivity index (χ3n) is 3.11. The lowest BCUT2D eigenvalue weighted by Gasteiger charge is -2.17. The van der Waals surface area contributed by atoms with Crippen LogP contribution >= 0.6 is 11.6 Å². The van der Waals surface area contributed by atoms with Crippen molar-refractivity contribution in [1.82, 2.24) is 5.32 Å². The van der Waals surface area contributed by atoms with Gasteiger partial charge in [-0.3, -0.25) is 0 Å². The van der Waals surface area contributed by atoms with Crippen LogP contribution in [0.3, 0.4) is 0 Å². The van der Waals surface area contributed by atoms with Gasteiger partial charge in [-0.2, -0.15) is 5.26 Å². The fourth-order valence-electron chi connectivity index (χ4n) is 1.96. The zero-order valence-corrected chi connectivity index (χ0v) is 12.6. The third-order valence-corrected chi connectivity index (χ3v) is 3.36. The molecule has 7 heteroatoms. The smallest absolute Gasteiger partial charge is 0.319 e. The van der Waals surface area contributed by atoms with E-state index in [-0.39, 0.29) is 17.9 Å². The van der Waals surface area contributed by atoms with Crippen molar-refractivity contribution in [3.8, 4) is 6.07 Å². The molecule has 0 radical (unpaired) electrons. The first-order valence-corrected chi connectivity index (χ1v) is 7.04. The first-order chi connectivity index (χ1) is 11.0. The standard InChI is InChI=1S/C16H13ClFN3O2/c17-12-3-1-10(2-4-12)15(9-22)21-16(23)20-14-6-5-13(18)7-11(14)8-19/h1-7,15,22H,9H2,(H2,20,21,23). The molecule has 1 unspecified atom stereocenters. The van der Waals surface area contributed by atoms with E-state index in [1.165, 1.54) is 6.07 Å². The number of hydrogen-bond donors (Lipinski definition) is 3. The van der Waals surface area contributed by atoms with E-state index in [1.54, 1.807) is 30.3 Å². The predicted molar refractivity (Wildman–Crippen MR) is 84.5 cm³/mol. The van der Waals surface area contributed by atoms with Crippen LogP contribution in [0.25, 0.3) is 0 Å². The number of nitriles is 1. The van der Waals surface area contributed by atoms with E-state index in [2.05, 4.69) is 10.6 Å². The van der Waals surface area contributed by atoms with Gasteiger partial charge in [-0.25, -0.2) is 9.18 Å². The fourth-order valence-corrected chi connectivity index (χ4v) is 2.09. The van der Waals surface area contributed by atoms with Gasteiger partial charge in [0.2, 0.25) is 0 Å². The number of rotatable bonds is 4. The van der Waals surface area contributed by atoms with E-state index in [0.717, 1.165) is 12.1 Å². The minimum Gasteiger partial charge on any atom is -0.394 e. The lowest BCUT2D eigenvalue weighted by molar-refractivity contribution is 0.225. The Balaban J connectivity index is 2.09. The van der Waals surface area contributed by atoms with Crippen molar-refractivity contribution in [3.63, 3.8) is 0 Å². The zero-order valence-electron chi connectivity index (χ0n) is 11.9. The van der Waals surface area contributed by atoms with Crippen LogP contribution < -0.4 is 10.6 Å². The quantitative estimate of drug-likeness (QED) is 0.803. The fraction of sp³-hybridized carbons (Fsp3) is 0.125. The third kappa shape index (κ3) is 4.42. The summed E-state index contributed by atoms with van der Waals surface area (Å²) in [5.41, 5.74) is 0.859. The molecule has 2 aromatic carbocycles. The zero-order chi connectivity index (χ0) is 16.8. The molecular weight excluding hydrogens is 321 g/mol. The molecule has 118 valence electrons. The Bertz CT molecular complexity index is 744. The SMILES string of the molecule is N#Cc1cc(F)ccc1NC(=O)NC(CO)c1ccc(Cl)cc1. The van der Waals surface area contributed by atoms with Gasteiger partial charge in [-0.15, -0.1) is 0 Å².